The van der Waals surface area contributed by atoms with Crippen LogP contribution < -0.4 is 5.73 Å². The van der Waals surface area contributed by atoms with E-state index in [0.29, 0.717) is 0 Å². The highest BCUT2D eigenvalue weighted by Crippen LogP contribution is 2.37. The molecule has 0 saturated heterocycles. The SMILES string of the molecule is NC(CC1CC1)c1nccc2ccccc12. The Balaban J connectivity index is 2.00. The fourth-order valence-corrected chi connectivity index (χ4v) is 2.26. The Labute approximate surface area is 95.5 Å². The normalized spacial score (nSPS) is 17.6. The molecule has 1 aliphatic rings. The summed E-state index contributed by atoms with van der Waals surface area (Å²) in [4.78, 5) is 4.46. The Morgan fingerprint density at radius 1 is 1.25 bits per heavy atom. The van der Waals surface area contributed by atoms with E-state index in [2.05, 4.69) is 29.2 Å². The van der Waals surface area contributed by atoms with Crippen LogP contribution in [0.4, 0.5) is 0 Å². The molecule has 1 atom stereocenters. The van der Waals surface area contributed by atoms with Gasteiger partial charge in [0.2, 0.25) is 0 Å². The third kappa shape index (κ3) is 1.81. The lowest BCUT2D eigenvalue weighted by Gasteiger charge is -2.12. The second-order valence-corrected chi connectivity index (χ2v) is 4.70. The first kappa shape index (κ1) is 9.79. The first-order valence-corrected chi connectivity index (χ1v) is 5.94. The predicted molar refractivity (Wildman–Crippen MR) is 66.0 cm³/mol. The molecule has 2 heteroatoms. The molecule has 2 aromatic rings. The molecule has 1 fully saturated rings. The third-order valence-corrected chi connectivity index (χ3v) is 3.34. The van der Waals surface area contributed by atoms with Crippen molar-refractivity contribution in [3.63, 3.8) is 0 Å². The van der Waals surface area contributed by atoms with Gasteiger partial charge >= 0.3 is 0 Å². The summed E-state index contributed by atoms with van der Waals surface area (Å²) in [5.41, 5.74) is 7.30. The average molecular weight is 212 g/mol. The number of nitrogens with two attached hydrogens (primary N) is 1. The molecule has 0 spiro atoms. The number of rotatable bonds is 3. The van der Waals surface area contributed by atoms with Crippen molar-refractivity contribution in [2.75, 3.05) is 0 Å². The van der Waals surface area contributed by atoms with Crippen LogP contribution in [0.2, 0.25) is 0 Å². The van der Waals surface area contributed by atoms with Crippen LogP contribution in [0.5, 0.6) is 0 Å². The minimum atomic E-state index is 0.0959. The monoisotopic (exact) mass is 212 g/mol. The zero-order valence-corrected chi connectivity index (χ0v) is 9.26. The van der Waals surface area contributed by atoms with E-state index in [1.807, 2.05) is 12.3 Å². The van der Waals surface area contributed by atoms with Gasteiger partial charge in [0.1, 0.15) is 0 Å². The van der Waals surface area contributed by atoms with Crippen molar-refractivity contribution < 1.29 is 0 Å². The molecule has 1 aromatic carbocycles. The van der Waals surface area contributed by atoms with Crippen molar-refractivity contribution in [3.05, 3.63) is 42.2 Å². The molecular weight excluding hydrogens is 196 g/mol. The van der Waals surface area contributed by atoms with Gasteiger partial charge in [0.05, 0.1) is 5.69 Å². The van der Waals surface area contributed by atoms with Gasteiger partial charge in [-0.25, -0.2) is 0 Å². The number of aromatic nitrogens is 1. The Morgan fingerprint density at radius 3 is 2.88 bits per heavy atom. The lowest BCUT2D eigenvalue weighted by molar-refractivity contribution is 0.588. The molecule has 2 nitrogen and oxygen atoms in total. The third-order valence-electron chi connectivity index (χ3n) is 3.34. The van der Waals surface area contributed by atoms with Crippen LogP contribution in [0.25, 0.3) is 10.8 Å². The largest absolute Gasteiger partial charge is 0.323 e. The summed E-state index contributed by atoms with van der Waals surface area (Å²) in [6.07, 6.45) is 5.64. The Morgan fingerprint density at radius 2 is 2.06 bits per heavy atom. The number of benzene rings is 1. The summed E-state index contributed by atoms with van der Waals surface area (Å²) in [7, 11) is 0. The Hall–Kier alpha value is -1.41. The van der Waals surface area contributed by atoms with Gasteiger partial charge in [-0.3, -0.25) is 4.98 Å². The maximum Gasteiger partial charge on any atom is 0.0649 e. The van der Waals surface area contributed by atoms with Crippen molar-refractivity contribution >= 4 is 10.8 Å². The molecule has 0 amide bonds. The number of hydrogen-bond acceptors (Lipinski definition) is 2. The second-order valence-electron chi connectivity index (χ2n) is 4.70. The molecule has 1 saturated carbocycles. The van der Waals surface area contributed by atoms with Crippen LogP contribution in [-0.2, 0) is 0 Å². The first-order chi connectivity index (χ1) is 7.84. The molecule has 0 aliphatic heterocycles. The van der Waals surface area contributed by atoms with Gasteiger partial charge in [0.25, 0.3) is 0 Å². The highest BCUT2D eigenvalue weighted by Gasteiger charge is 2.25. The smallest absolute Gasteiger partial charge is 0.0649 e. The van der Waals surface area contributed by atoms with E-state index in [4.69, 9.17) is 5.73 Å². The van der Waals surface area contributed by atoms with Crippen LogP contribution in [0, 0.1) is 5.92 Å². The molecule has 82 valence electrons. The van der Waals surface area contributed by atoms with Crippen LogP contribution in [0.15, 0.2) is 36.5 Å². The molecule has 1 heterocycles. The van der Waals surface area contributed by atoms with Crippen molar-refractivity contribution in [2.24, 2.45) is 11.7 Å². The van der Waals surface area contributed by atoms with Crippen molar-refractivity contribution in [1.82, 2.24) is 4.98 Å². The molecule has 0 radical (unpaired) electrons. The number of fused-ring (bicyclic) bond motifs is 1. The molecule has 3 rings (SSSR count). The van der Waals surface area contributed by atoms with Crippen LogP contribution in [0.1, 0.15) is 31.0 Å². The lowest BCUT2D eigenvalue weighted by atomic mass is 10.0. The van der Waals surface area contributed by atoms with Gasteiger partial charge in [-0.2, -0.15) is 0 Å². The Kier molecular flexibility index (Phi) is 2.37. The number of pyridine rings is 1. The van der Waals surface area contributed by atoms with E-state index < -0.39 is 0 Å². The average Bonchev–Trinajstić information content (AvgIpc) is 3.12. The van der Waals surface area contributed by atoms with E-state index in [1.165, 1.54) is 23.6 Å². The maximum atomic E-state index is 6.24. The van der Waals surface area contributed by atoms with Crippen molar-refractivity contribution in [1.29, 1.82) is 0 Å². The Bertz CT molecular complexity index is 498. The molecular formula is C14H16N2. The fourth-order valence-electron chi connectivity index (χ4n) is 2.26. The fraction of sp³-hybridized carbons (Fsp3) is 0.357. The summed E-state index contributed by atoms with van der Waals surface area (Å²) in [5, 5.41) is 2.44. The second kappa shape index (κ2) is 3.87. The number of hydrogen-bond donors (Lipinski definition) is 1. The summed E-state index contributed by atoms with van der Waals surface area (Å²) in [5.74, 6) is 0.843. The van der Waals surface area contributed by atoms with Gasteiger partial charge in [-0.05, 0) is 23.8 Å². The highest BCUT2D eigenvalue weighted by molar-refractivity contribution is 5.84. The van der Waals surface area contributed by atoms with Crippen LogP contribution in [0.3, 0.4) is 0 Å². The minimum absolute atomic E-state index is 0.0959. The zero-order valence-electron chi connectivity index (χ0n) is 9.26. The van der Waals surface area contributed by atoms with Gasteiger partial charge in [0, 0.05) is 17.6 Å². The van der Waals surface area contributed by atoms with Gasteiger partial charge in [-0.15, -0.1) is 0 Å². The first-order valence-electron chi connectivity index (χ1n) is 5.94. The van der Waals surface area contributed by atoms with E-state index >= 15 is 0 Å². The van der Waals surface area contributed by atoms with Gasteiger partial charge < -0.3 is 5.73 Å². The zero-order chi connectivity index (χ0) is 11.0. The molecule has 1 aliphatic carbocycles. The van der Waals surface area contributed by atoms with E-state index in [9.17, 15) is 0 Å². The summed E-state index contributed by atoms with van der Waals surface area (Å²) >= 11 is 0. The van der Waals surface area contributed by atoms with Crippen LogP contribution >= 0.6 is 0 Å². The highest BCUT2D eigenvalue weighted by atomic mass is 14.8. The molecule has 0 bridgehead atoms. The topological polar surface area (TPSA) is 38.9 Å². The summed E-state index contributed by atoms with van der Waals surface area (Å²) in [6.45, 7) is 0. The van der Waals surface area contributed by atoms with E-state index in [0.717, 1.165) is 18.0 Å². The quantitative estimate of drug-likeness (QED) is 0.849. The summed E-state index contributed by atoms with van der Waals surface area (Å²) < 4.78 is 0. The standard InChI is InChI=1S/C14H16N2/c15-13(9-10-5-6-10)14-12-4-2-1-3-11(12)7-8-16-14/h1-4,7-8,10,13H,5-6,9,15H2. The van der Waals surface area contributed by atoms with E-state index in [-0.39, 0.29) is 6.04 Å². The molecule has 16 heavy (non-hydrogen) atoms. The van der Waals surface area contributed by atoms with Crippen molar-refractivity contribution in [3.8, 4) is 0 Å². The predicted octanol–water partition coefficient (Wildman–Crippen LogP) is 3.03. The van der Waals surface area contributed by atoms with E-state index in [1.54, 1.807) is 0 Å². The van der Waals surface area contributed by atoms with Crippen molar-refractivity contribution in [2.45, 2.75) is 25.3 Å². The minimum Gasteiger partial charge on any atom is -0.323 e. The van der Waals surface area contributed by atoms with Crippen LogP contribution in [-0.4, -0.2) is 4.98 Å². The maximum absolute atomic E-state index is 6.24. The summed E-state index contributed by atoms with van der Waals surface area (Å²) in [6, 6.07) is 10.5. The van der Waals surface area contributed by atoms with Gasteiger partial charge in [0.15, 0.2) is 0 Å². The van der Waals surface area contributed by atoms with Gasteiger partial charge in [-0.1, -0.05) is 37.1 Å². The molecule has 2 N–H and O–H groups in total. The molecule has 1 aromatic heterocycles. The lowest BCUT2D eigenvalue weighted by Crippen LogP contribution is -2.13. The molecule has 1 unspecified atom stereocenters. The number of nitrogens with zero attached hydrogens (tertiary/aromatic N) is 1.